The first-order valence-corrected chi connectivity index (χ1v) is 10.4. The van der Waals surface area contributed by atoms with Crippen molar-refractivity contribution >= 4 is 31.8 Å². The number of phosphoric ester groups is 1. The van der Waals surface area contributed by atoms with Gasteiger partial charge in [-0.25, -0.2) is 13.9 Å². The Labute approximate surface area is 173 Å². The molecular formula is C16H27N2O11P. The fraction of sp³-hybridized carbons (Fsp3) is 0.750. The van der Waals surface area contributed by atoms with Gasteiger partial charge in [0.1, 0.15) is 6.61 Å². The molecule has 0 saturated carbocycles. The van der Waals surface area contributed by atoms with Crippen molar-refractivity contribution in [2.75, 3.05) is 40.2 Å². The Morgan fingerprint density at radius 2 is 1.83 bits per heavy atom. The van der Waals surface area contributed by atoms with Gasteiger partial charge in [-0.2, -0.15) is 0 Å². The smallest absolute Gasteiger partial charge is 0.469 e. The second kappa shape index (κ2) is 11.8. The zero-order valence-electron chi connectivity index (χ0n) is 17.3. The maximum atomic E-state index is 12.6. The Balaban J connectivity index is 2.48. The van der Waals surface area contributed by atoms with Gasteiger partial charge in [-0.1, -0.05) is 13.8 Å². The van der Waals surface area contributed by atoms with Crippen LogP contribution in [0.15, 0.2) is 0 Å². The number of amides is 2. The highest BCUT2D eigenvalue weighted by molar-refractivity contribution is 7.48. The van der Waals surface area contributed by atoms with Crippen molar-refractivity contribution in [2.24, 2.45) is 5.41 Å². The molecule has 30 heavy (non-hydrogen) atoms. The second-order valence-electron chi connectivity index (χ2n) is 6.76. The number of esters is 2. The summed E-state index contributed by atoms with van der Waals surface area (Å²) in [7, 11) is -2.96. The number of ether oxygens (including phenoxy) is 3. The molecular weight excluding hydrogens is 427 g/mol. The van der Waals surface area contributed by atoms with Crippen molar-refractivity contribution in [2.45, 2.75) is 33.3 Å². The van der Waals surface area contributed by atoms with Gasteiger partial charge in [0.2, 0.25) is 12.7 Å². The Kier molecular flexibility index (Phi) is 10.2. The molecule has 2 amide bonds. The van der Waals surface area contributed by atoms with Crippen LogP contribution in [0.5, 0.6) is 0 Å². The summed E-state index contributed by atoms with van der Waals surface area (Å²) >= 11 is 0. The van der Waals surface area contributed by atoms with Crippen LogP contribution in [0.3, 0.4) is 0 Å². The number of carbonyl (C=O) groups is 4. The minimum Gasteiger partial charge on any atom is -0.469 e. The molecule has 1 fully saturated rings. The van der Waals surface area contributed by atoms with E-state index >= 15 is 0 Å². The molecule has 2 N–H and O–H groups in total. The minimum absolute atomic E-state index is 0.00406. The van der Waals surface area contributed by atoms with Gasteiger partial charge in [-0.05, 0) is 0 Å². The number of nitrogens with one attached hydrogen (secondary N) is 2. The summed E-state index contributed by atoms with van der Waals surface area (Å²) in [6.07, 6.45) is -2.16. The molecule has 14 heteroatoms. The molecule has 0 bridgehead atoms. The molecule has 0 aliphatic carbocycles. The van der Waals surface area contributed by atoms with Gasteiger partial charge >= 0.3 is 25.9 Å². The number of alkyl carbamates (subject to hydrolysis) is 1. The van der Waals surface area contributed by atoms with E-state index in [9.17, 15) is 23.7 Å². The molecule has 1 saturated heterocycles. The van der Waals surface area contributed by atoms with Crippen molar-refractivity contribution in [1.29, 1.82) is 0 Å². The fourth-order valence-corrected chi connectivity index (χ4v) is 3.63. The van der Waals surface area contributed by atoms with Crippen LogP contribution in [0.2, 0.25) is 0 Å². The van der Waals surface area contributed by atoms with Gasteiger partial charge < -0.3 is 24.8 Å². The van der Waals surface area contributed by atoms with Crippen molar-refractivity contribution < 1.29 is 51.5 Å². The van der Waals surface area contributed by atoms with Gasteiger partial charge in [-0.3, -0.25) is 23.4 Å². The van der Waals surface area contributed by atoms with Crippen molar-refractivity contribution in [3.63, 3.8) is 0 Å². The highest BCUT2D eigenvalue weighted by Gasteiger charge is 2.49. The molecule has 2 atom stereocenters. The average Bonchev–Trinajstić information content (AvgIpc) is 2.67. The third-order valence-electron chi connectivity index (χ3n) is 3.71. The summed E-state index contributed by atoms with van der Waals surface area (Å²) in [5, 5.41) is 4.77. The SMILES string of the molecule is COC(=O)CCNC(=O)[C@@H]1OP(=O)(OCOC(=O)NCCOC(C)=O)OCC1(C)C. The van der Waals surface area contributed by atoms with Crippen molar-refractivity contribution in [1.82, 2.24) is 10.6 Å². The summed E-state index contributed by atoms with van der Waals surface area (Å²) in [6, 6.07) is 0. The number of hydrogen-bond acceptors (Lipinski definition) is 11. The molecule has 0 aromatic carbocycles. The maximum Gasteiger partial charge on any atom is 0.478 e. The maximum absolute atomic E-state index is 12.6. The predicted molar refractivity (Wildman–Crippen MR) is 98.9 cm³/mol. The van der Waals surface area contributed by atoms with Gasteiger partial charge in [-0.15, -0.1) is 0 Å². The summed E-state index contributed by atoms with van der Waals surface area (Å²) < 4.78 is 41.6. The van der Waals surface area contributed by atoms with E-state index in [0.717, 1.165) is 0 Å². The molecule has 1 heterocycles. The molecule has 0 aromatic rings. The van der Waals surface area contributed by atoms with Crippen LogP contribution >= 0.6 is 7.82 Å². The zero-order valence-corrected chi connectivity index (χ0v) is 18.2. The van der Waals surface area contributed by atoms with Crippen LogP contribution in [-0.4, -0.2) is 70.2 Å². The normalized spacial score (nSPS) is 22.5. The molecule has 0 spiro atoms. The Morgan fingerprint density at radius 3 is 2.47 bits per heavy atom. The van der Waals surface area contributed by atoms with E-state index in [1.54, 1.807) is 13.8 Å². The third-order valence-corrected chi connectivity index (χ3v) is 5.05. The topological polar surface area (TPSA) is 165 Å². The number of hydrogen-bond donors (Lipinski definition) is 2. The lowest BCUT2D eigenvalue weighted by molar-refractivity contribution is -0.144. The number of carbonyl (C=O) groups excluding carboxylic acids is 4. The summed E-state index contributed by atoms with van der Waals surface area (Å²) in [5.74, 6) is -1.61. The minimum atomic E-state index is -4.19. The fourth-order valence-electron chi connectivity index (χ4n) is 2.12. The Morgan fingerprint density at radius 1 is 1.13 bits per heavy atom. The predicted octanol–water partition coefficient (Wildman–Crippen LogP) is 0.479. The number of methoxy groups -OCH3 is 1. The highest BCUT2D eigenvalue weighted by atomic mass is 31.2. The van der Waals surface area contributed by atoms with Crippen LogP contribution in [0.4, 0.5) is 4.79 Å². The molecule has 1 aliphatic heterocycles. The van der Waals surface area contributed by atoms with Crippen LogP contribution in [0.1, 0.15) is 27.2 Å². The molecule has 0 aromatic heterocycles. The zero-order chi connectivity index (χ0) is 22.8. The molecule has 0 radical (unpaired) electrons. The van der Waals surface area contributed by atoms with E-state index in [0.29, 0.717) is 0 Å². The second-order valence-corrected chi connectivity index (χ2v) is 8.38. The summed E-state index contributed by atoms with van der Waals surface area (Å²) in [6.45, 7) is 3.61. The molecule has 172 valence electrons. The van der Waals surface area contributed by atoms with Crippen LogP contribution < -0.4 is 10.6 Å². The summed E-state index contributed by atoms with van der Waals surface area (Å²) in [4.78, 5) is 45.6. The highest BCUT2D eigenvalue weighted by Crippen LogP contribution is 2.57. The third kappa shape index (κ3) is 9.08. The monoisotopic (exact) mass is 454 g/mol. The first kappa shape index (κ1) is 25.8. The first-order valence-electron chi connectivity index (χ1n) is 8.95. The quantitative estimate of drug-likeness (QED) is 0.155. The summed E-state index contributed by atoms with van der Waals surface area (Å²) in [5.41, 5.74) is -0.846. The molecule has 13 nitrogen and oxygen atoms in total. The molecule has 1 aliphatic rings. The number of phosphoric acid groups is 1. The Bertz CT molecular complexity index is 682. The van der Waals surface area contributed by atoms with Crippen LogP contribution in [0.25, 0.3) is 0 Å². The van der Waals surface area contributed by atoms with Gasteiger partial charge in [0.25, 0.3) is 0 Å². The van der Waals surface area contributed by atoms with E-state index in [2.05, 4.69) is 24.8 Å². The Hall–Kier alpha value is -2.21. The van der Waals surface area contributed by atoms with E-state index in [1.807, 2.05) is 0 Å². The van der Waals surface area contributed by atoms with Gasteiger partial charge in [0, 0.05) is 18.9 Å². The lowest BCUT2D eigenvalue weighted by atomic mass is 9.87. The van der Waals surface area contributed by atoms with Crippen molar-refractivity contribution in [3.05, 3.63) is 0 Å². The first-order chi connectivity index (χ1) is 14.0. The van der Waals surface area contributed by atoms with E-state index in [-0.39, 0.29) is 32.7 Å². The van der Waals surface area contributed by atoms with E-state index < -0.39 is 50.1 Å². The van der Waals surface area contributed by atoms with Gasteiger partial charge in [0.05, 0.1) is 26.7 Å². The van der Waals surface area contributed by atoms with E-state index in [4.69, 9.17) is 13.6 Å². The van der Waals surface area contributed by atoms with Crippen LogP contribution in [0, 0.1) is 5.41 Å². The van der Waals surface area contributed by atoms with Gasteiger partial charge in [0.15, 0.2) is 6.10 Å². The lowest BCUT2D eigenvalue weighted by Crippen LogP contribution is -2.50. The average molecular weight is 454 g/mol. The molecule has 1 rings (SSSR count). The lowest BCUT2D eigenvalue weighted by Gasteiger charge is -2.39. The van der Waals surface area contributed by atoms with Crippen LogP contribution in [-0.2, 0) is 46.7 Å². The van der Waals surface area contributed by atoms with E-state index in [1.165, 1.54) is 14.0 Å². The standard InChI is InChI=1S/C16H27N2O11P/c1-11(19)25-8-7-18-15(22)26-10-28-30(23)27-9-16(2,3)13(29-30)14(21)17-6-5-12(20)24-4/h13H,5-10H2,1-4H3,(H,17,21)(H,18,22)/t13-,30?/m0/s1. The largest absolute Gasteiger partial charge is 0.478 e. The van der Waals surface area contributed by atoms with Crippen molar-refractivity contribution in [3.8, 4) is 0 Å². The molecule has 1 unspecified atom stereocenters. The number of rotatable bonds is 10.